The monoisotopic (exact) mass is 447 g/mol. The van der Waals surface area contributed by atoms with Crippen LogP contribution >= 0.6 is 0 Å². The van der Waals surface area contributed by atoms with Crippen molar-refractivity contribution in [2.24, 2.45) is 0 Å². The van der Waals surface area contributed by atoms with E-state index in [1.807, 2.05) is 19.1 Å². The molecule has 0 radical (unpaired) electrons. The minimum Gasteiger partial charge on any atom is -0.486 e. The van der Waals surface area contributed by atoms with Crippen LogP contribution in [0.25, 0.3) is 0 Å². The van der Waals surface area contributed by atoms with Crippen molar-refractivity contribution in [1.29, 1.82) is 0 Å². The van der Waals surface area contributed by atoms with Crippen LogP contribution in [0.4, 0.5) is 11.4 Å². The summed E-state index contributed by atoms with van der Waals surface area (Å²) in [5, 5.41) is 2.61. The van der Waals surface area contributed by atoms with Gasteiger partial charge in [-0.05, 0) is 31.2 Å². The minimum atomic E-state index is -3.62. The van der Waals surface area contributed by atoms with Gasteiger partial charge in [-0.1, -0.05) is 12.1 Å². The van der Waals surface area contributed by atoms with Crippen molar-refractivity contribution < 1.29 is 27.5 Å². The van der Waals surface area contributed by atoms with E-state index >= 15 is 0 Å². The average molecular weight is 448 g/mol. The Labute approximate surface area is 181 Å². The number of carbonyl (C=O) groups is 2. The van der Waals surface area contributed by atoms with Gasteiger partial charge in [0.15, 0.2) is 11.5 Å². The van der Waals surface area contributed by atoms with E-state index in [1.54, 1.807) is 11.0 Å². The standard InChI is InChI=1S/C21H25N3O6S/c1-4-24(13-15-6-5-7-19-20(15)30-11-10-29-19)21(26)17-12-16(22-14(2)25)8-9-18(17)23-31(3,27)28/h5-9,12,23H,4,10-11,13H2,1-3H3,(H,22,25). The zero-order valence-electron chi connectivity index (χ0n) is 17.6. The molecule has 0 saturated carbocycles. The second kappa shape index (κ2) is 9.25. The Morgan fingerprint density at radius 2 is 1.87 bits per heavy atom. The fourth-order valence-electron chi connectivity index (χ4n) is 3.25. The van der Waals surface area contributed by atoms with E-state index in [2.05, 4.69) is 10.0 Å². The maximum Gasteiger partial charge on any atom is 0.256 e. The molecular formula is C21H25N3O6S. The molecule has 0 spiro atoms. The molecule has 0 unspecified atom stereocenters. The average Bonchev–Trinajstić information content (AvgIpc) is 2.71. The summed E-state index contributed by atoms with van der Waals surface area (Å²) in [6.45, 7) is 4.67. The van der Waals surface area contributed by atoms with Crippen molar-refractivity contribution in [2.75, 3.05) is 36.1 Å². The molecule has 0 aromatic heterocycles. The lowest BCUT2D eigenvalue weighted by Gasteiger charge is -2.26. The molecule has 0 aliphatic carbocycles. The Morgan fingerprint density at radius 3 is 2.55 bits per heavy atom. The van der Waals surface area contributed by atoms with Crippen molar-refractivity contribution in [3.63, 3.8) is 0 Å². The van der Waals surface area contributed by atoms with E-state index in [4.69, 9.17) is 9.47 Å². The second-order valence-corrected chi connectivity index (χ2v) is 8.82. The van der Waals surface area contributed by atoms with Gasteiger partial charge < -0.3 is 19.7 Å². The highest BCUT2D eigenvalue weighted by molar-refractivity contribution is 7.92. The van der Waals surface area contributed by atoms with Crippen molar-refractivity contribution in [3.8, 4) is 11.5 Å². The fraction of sp³-hybridized carbons (Fsp3) is 0.333. The van der Waals surface area contributed by atoms with Crippen LogP contribution in [-0.4, -0.2) is 51.1 Å². The Kier molecular flexibility index (Phi) is 6.69. The van der Waals surface area contributed by atoms with E-state index < -0.39 is 15.9 Å². The summed E-state index contributed by atoms with van der Waals surface area (Å²) in [5.41, 5.74) is 1.43. The topological polar surface area (TPSA) is 114 Å². The molecule has 10 heteroatoms. The zero-order chi connectivity index (χ0) is 22.6. The molecule has 1 heterocycles. The summed E-state index contributed by atoms with van der Waals surface area (Å²) in [4.78, 5) is 26.4. The number of hydrogen-bond acceptors (Lipinski definition) is 6. The molecule has 2 amide bonds. The number of rotatable bonds is 7. The largest absolute Gasteiger partial charge is 0.486 e. The van der Waals surface area contributed by atoms with Crippen LogP contribution in [0.3, 0.4) is 0 Å². The molecule has 0 bridgehead atoms. The summed E-state index contributed by atoms with van der Waals surface area (Å²) >= 11 is 0. The smallest absolute Gasteiger partial charge is 0.256 e. The third-order valence-corrected chi connectivity index (χ3v) is 5.13. The first kappa shape index (κ1) is 22.4. The van der Waals surface area contributed by atoms with Crippen molar-refractivity contribution in [2.45, 2.75) is 20.4 Å². The van der Waals surface area contributed by atoms with Gasteiger partial charge in [0.1, 0.15) is 13.2 Å². The van der Waals surface area contributed by atoms with E-state index in [9.17, 15) is 18.0 Å². The zero-order valence-corrected chi connectivity index (χ0v) is 18.4. The SMILES string of the molecule is CCN(Cc1cccc2c1OCCO2)C(=O)c1cc(NC(C)=O)ccc1NS(C)(=O)=O. The third-order valence-electron chi connectivity index (χ3n) is 4.54. The first-order valence-electron chi connectivity index (χ1n) is 9.74. The number of nitrogens with one attached hydrogen (secondary N) is 2. The van der Waals surface area contributed by atoms with Crippen molar-refractivity contribution in [1.82, 2.24) is 4.90 Å². The molecule has 1 aliphatic heterocycles. The first-order chi connectivity index (χ1) is 14.7. The number of nitrogens with zero attached hydrogens (tertiary/aromatic N) is 1. The molecule has 0 fully saturated rings. The molecule has 2 N–H and O–H groups in total. The van der Waals surface area contributed by atoms with Crippen LogP contribution in [0.15, 0.2) is 36.4 Å². The molecule has 3 rings (SSSR count). The highest BCUT2D eigenvalue weighted by atomic mass is 32.2. The lowest BCUT2D eigenvalue weighted by molar-refractivity contribution is -0.114. The van der Waals surface area contributed by atoms with Crippen molar-refractivity contribution >= 4 is 33.2 Å². The number of sulfonamides is 1. The number of hydrogen-bond donors (Lipinski definition) is 2. The highest BCUT2D eigenvalue weighted by Gasteiger charge is 2.23. The molecule has 9 nitrogen and oxygen atoms in total. The predicted molar refractivity (Wildman–Crippen MR) is 117 cm³/mol. The predicted octanol–water partition coefficient (Wildman–Crippen LogP) is 2.45. The Hall–Kier alpha value is -3.27. The lowest BCUT2D eigenvalue weighted by atomic mass is 10.1. The summed E-state index contributed by atoms with van der Waals surface area (Å²) in [6, 6.07) is 9.93. The number of carbonyl (C=O) groups excluding carboxylic acids is 2. The molecule has 0 saturated heterocycles. The van der Waals surface area contributed by atoms with Gasteiger partial charge in [0.2, 0.25) is 15.9 Å². The molecule has 31 heavy (non-hydrogen) atoms. The maximum atomic E-state index is 13.4. The van der Waals surface area contributed by atoms with Gasteiger partial charge in [0.25, 0.3) is 5.91 Å². The third kappa shape index (κ3) is 5.66. The van der Waals surface area contributed by atoms with Gasteiger partial charge in [0.05, 0.1) is 17.5 Å². The number of fused-ring (bicyclic) bond motifs is 1. The van der Waals surface area contributed by atoms with Crippen molar-refractivity contribution in [3.05, 3.63) is 47.5 Å². The first-order valence-corrected chi connectivity index (χ1v) is 11.6. The van der Waals surface area contributed by atoms with E-state index in [1.165, 1.54) is 25.1 Å². The minimum absolute atomic E-state index is 0.125. The van der Waals surface area contributed by atoms with Gasteiger partial charge in [-0.25, -0.2) is 8.42 Å². The van der Waals surface area contributed by atoms with Crippen LogP contribution in [0.2, 0.25) is 0 Å². The Balaban J connectivity index is 1.96. The van der Waals surface area contributed by atoms with Gasteiger partial charge in [0, 0.05) is 31.3 Å². The van der Waals surface area contributed by atoms with Crippen LogP contribution in [-0.2, 0) is 21.4 Å². The number of ether oxygens (including phenoxy) is 2. The van der Waals surface area contributed by atoms with Gasteiger partial charge >= 0.3 is 0 Å². The van der Waals surface area contributed by atoms with Crippen LogP contribution in [0.1, 0.15) is 29.8 Å². The summed E-state index contributed by atoms with van der Waals surface area (Å²) in [5.74, 6) is 0.527. The number of amides is 2. The van der Waals surface area contributed by atoms with Gasteiger partial charge in [-0.3, -0.25) is 14.3 Å². The molecular weight excluding hydrogens is 422 g/mol. The second-order valence-electron chi connectivity index (χ2n) is 7.08. The molecule has 2 aromatic carbocycles. The summed E-state index contributed by atoms with van der Waals surface area (Å²) in [6.07, 6.45) is 1.01. The molecule has 0 atom stereocenters. The van der Waals surface area contributed by atoms with E-state index in [0.717, 1.165) is 11.8 Å². The Morgan fingerprint density at radius 1 is 1.13 bits per heavy atom. The number of anilines is 2. The normalized spacial score (nSPS) is 12.7. The van der Waals surface area contributed by atoms with E-state index in [-0.39, 0.29) is 23.7 Å². The molecule has 2 aromatic rings. The molecule has 166 valence electrons. The van der Waals surface area contributed by atoms with Crippen LogP contribution < -0.4 is 19.5 Å². The summed E-state index contributed by atoms with van der Waals surface area (Å²) in [7, 11) is -3.62. The number of benzene rings is 2. The van der Waals surface area contributed by atoms with E-state index in [0.29, 0.717) is 36.9 Å². The lowest BCUT2D eigenvalue weighted by Crippen LogP contribution is -2.32. The Bertz CT molecular complexity index is 1100. The highest BCUT2D eigenvalue weighted by Crippen LogP contribution is 2.34. The number of para-hydroxylation sites is 1. The molecule has 1 aliphatic rings. The fourth-order valence-corrected chi connectivity index (χ4v) is 3.83. The quantitative estimate of drug-likeness (QED) is 0.674. The van der Waals surface area contributed by atoms with Crippen LogP contribution in [0.5, 0.6) is 11.5 Å². The summed E-state index contributed by atoms with van der Waals surface area (Å²) < 4.78 is 37.3. The maximum absolute atomic E-state index is 13.4. The van der Waals surface area contributed by atoms with Crippen LogP contribution in [0, 0.1) is 0 Å². The van der Waals surface area contributed by atoms with Gasteiger partial charge in [-0.15, -0.1) is 0 Å². The van der Waals surface area contributed by atoms with Gasteiger partial charge in [-0.2, -0.15) is 0 Å².